The van der Waals surface area contributed by atoms with Crippen LogP contribution in [-0.4, -0.2) is 46.0 Å². The molecule has 0 bridgehead atoms. The predicted molar refractivity (Wildman–Crippen MR) is 53.5 cm³/mol. The molecule has 0 aliphatic heterocycles. The van der Waals surface area contributed by atoms with Crippen LogP contribution in [0, 0.1) is 0 Å². The van der Waals surface area contributed by atoms with E-state index in [1.807, 2.05) is 0 Å². The van der Waals surface area contributed by atoms with Crippen LogP contribution < -0.4 is 0 Å². The minimum Gasteiger partial charge on any atom is -0.465 e. The van der Waals surface area contributed by atoms with E-state index in [4.69, 9.17) is 0 Å². The largest absolute Gasteiger partial charge is 0.465 e. The van der Waals surface area contributed by atoms with Gasteiger partial charge in [-0.05, 0) is 0 Å². The van der Waals surface area contributed by atoms with Gasteiger partial charge in [0.1, 0.15) is 11.9 Å². The van der Waals surface area contributed by atoms with Crippen LogP contribution in [0.2, 0.25) is 0 Å². The minimum absolute atomic E-state index is 0.0140. The van der Waals surface area contributed by atoms with Crippen molar-refractivity contribution < 1.29 is 19.1 Å². The average Bonchev–Trinajstić information content (AvgIpc) is 2.83. The van der Waals surface area contributed by atoms with Crippen molar-refractivity contribution in [2.75, 3.05) is 14.2 Å². The van der Waals surface area contributed by atoms with Crippen LogP contribution in [0.15, 0.2) is 12.5 Å². The number of aromatic nitrogens is 4. The van der Waals surface area contributed by atoms with Crippen molar-refractivity contribution in [3.05, 3.63) is 23.7 Å². The van der Waals surface area contributed by atoms with Crippen molar-refractivity contribution in [2.24, 2.45) is 0 Å². The molecule has 0 fully saturated rings. The number of ether oxygens (including phenoxy) is 2. The third-order valence-corrected chi connectivity index (χ3v) is 2.13. The third-order valence-electron chi connectivity index (χ3n) is 2.13. The summed E-state index contributed by atoms with van der Waals surface area (Å²) in [4.78, 5) is 23.1. The Morgan fingerprint density at radius 3 is 2.59 bits per heavy atom. The van der Waals surface area contributed by atoms with Crippen molar-refractivity contribution in [3.8, 4) is 0 Å². The Bertz CT molecular complexity index is 592. The van der Waals surface area contributed by atoms with Gasteiger partial charge in [-0.3, -0.25) is 0 Å². The van der Waals surface area contributed by atoms with E-state index >= 15 is 0 Å². The highest BCUT2D eigenvalue weighted by Crippen LogP contribution is 2.14. The van der Waals surface area contributed by atoms with Gasteiger partial charge in [0, 0.05) is 0 Å². The second-order valence-corrected chi connectivity index (χ2v) is 3.02. The lowest BCUT2D eigenvalue weighted by atomic mass is 10.1. The molecule has 0 amide bonds. The molecule has 88 valence electrons. The summed E-state index contributed by atoms with van der Waals surface area (Å²) in [6.45, 7) is 0. The van der Waals surface area contributed by atoms with Crippen LogP contribution in [0.4, 0.5) is 0 Å². The van der Waals surface area contributed by atoms with E-state index in [2.05, 4.69) is 24.8 Å². The van der Waals surface area contributed by atoms with E-state index in [9.17, 15) is 9.59 Å². The topological polar surface area (TPSA) is 95.7 Å². The number of nitrogens with zero attached hydrogens (tertiary/aromatic N) is 4. The van der Waals surface area contributed by atoms with Gasteiger partial charge in [-0.2, -0.15) is 9.61 Å². The van der Waals surface area contributed by atoms with Gasteiger partial charge in [-0.1, -0.05) is 0 Å². The fourth-order valence-corrected chi connectivity index (χ4v) is 1.35. The molecule has 0 saturated heterocycles. The molecule has 0 radical (unpaired) electrons. The SMILES string of the molecule is COC(=O)c1cnn2cnnc2c1C(=O)OC. The molecule has 0 atom stereocenters. The minimum atomic E-state index is -0.703. The Morgan fingerprint density at radius 1 is 1.24 bits per heavy atom. The second-order valence-electron chi connectivity index (χ2n) is 3.02. The molecule has 2 heterocycles. The van der Waals surface area contributed by atoms with Gasteiger partial charge in [-0.25, -0.2) is 9.59 Å². The molecule has 0 saturated carbocycles. The van der Waals surface area contributed by atoms with Crippen LogP contribution in [-0.2, 0) is 9.47 Å². The third kappa shape index (κ3) is 1.69. The number of hydrogen-bond acceptors (Lipinski definition) is 7. The molecule has 0 aliphatic rings. The normalized spacial score (nSPS) is 10.2. The number of carbonyl (C=O) groups is 2. The van der Waals surface area contributed by atoms with E-state index in [1.54, 1.807) is 0 Å². The highest BCUT2D eigenvalue weighted by Gasteiger charge is 2.24. The first-order valence-corrected chi connectivity index (χ1v) is 4.54. The first-order valence-electron chi connectivity index (χ1n) is 4.54. The summed E-state index contributed by atoms with van der Waals surface area (Å²) in [7, 11) is 2.41. The summed E-state index contributed by atoms with van der Waals surface area (Å²) >= 11 is 0. The summed E-state index contributed by atoms with van der Waals surface area (Å²) in [5.41, 5.74) is 0.103. The standard InChI is InChI=1S/C9H8N4O4/c1-16-8(14)5-3-11-13-4-10-12-7(13)6(5)9(15)17-2/h3-4H,1-2H3. The number of carbonyl (C=O) groups excluding carboxylic acids is 2. The zero-order valence-corrected chi connectivity index (χ0v) is 9.08. The Morgan fingerprint density at radius 2 is 1.94 bits per heavy atom. The second kappa shape index (κ2) is 4.16. The van der Waals surface area contributed by atoms with Gasteiger partial charge in [0.2, 0.25) is 0 Å². The maximum Gasteiger partial charge on any atom is 0.342 e. The fraction of sp³-hybridized carbons (Fsp3) is 0.222. The van der Waals surface area contributed by atoms with E-state index in [-0.39, 0.29) is 16.8 Å². The molecular formula is C9H8N4O4. The average molecular weight is 236 g/mol. The molecule has 2 aromatic rings. The van der Waals surface area contributed by atoms with Crippen LogP contribution in [0.1, 0.15) is 20.7 Å². The highest BCUT2D eigenvalue weighted by atomic mass is 16.5. The molecule has 2 aromatic heterocycles. The smallest absolute Gasteiger partial charge is 0.342 e. The Labute approximate surface area is 95.2 Å². The molecule has 2 rings (SSSR count). The molecule has 17 heavy (non-hydrogen) atoms. The van der Waals surface area contributed by atoms with Crippen molar-refractivity contribution in [1.29, 1.82) is 0 Å². The fourth-order valence-electron chi connectivity index (χ4n) is 1.35. The van der Waals surface area contributed by atoms with E-state index in [0.717, 1.165) is 0 Å². The zero-order valence-electron chi connectivity index (χ0n) is 9.08. The molecule has 0 unspecified atom stereocenters. The quantitative estimate of drug-likeness (QED) is 0.660. The summed E-state index contributed by atoms with van der Waals surface area (Å²) in [6.07, 6.45) is 2.51. The lowest BCUT2D eigenvalue weighted by molar-refractivity contribution is 0.0555. The molecule has 0 spiro atoms. The first kappa shape index (κ1) is 11.0. The number of hydrogen-bond donors (Lipinski definition) is 0. The summed E-state index contributed by atoms with van der Waals surface area (Å²) in [6, 6.07) is 0. The maximum absolute atomic E-state index is 11.6. The van der Waals surface area contributed by atoms with Crippen LogP contribution >= 0.6 is 0 Å². The van der Waals surface area contributed by atoms with Crippen molar-refractivity contribution >= 4 is 17.6 Å². The van der Waals surface area contributed by atoms with Gasteiger partial charge in [-0.15, -0.1) is 10.2 Å². The van der Waals surface area contributed by atoms with E-state index in [0.29, 0.717) is 0 Å². The first-order chi connectivity index (χ1) is 8.19. The summed E-state index contributed by atoms with van der Waals surface area (Å²) in [5.74, 6) is -1.39. The molecule has 0 aliphatic carbocycles. The van der Waals surface area contributed by atoms with Crippen molar-refractivity contribution in [2.45, 2.75) is 0 Å². The van der Waals surface area contributed by atoms with Gasteiger partial charge in [0.15, 0.2) is 5.65 Å². The van der Waals surface area contributed by atoms with E-state index < -0.39 is 11.9 Å². The molecule has 0 aromatic carbocycles. The van der Waals surface area contributed by atoms with Crippen LogP contribution in [0.5, 0.6) is 0 Å². The van der Waals surface area contributed by atoms with Crippen LogP contribution in [0.25, 0.3) is 5.65 Å². The Balaban J connectivity index is 2.74. The zero-order chi connectivity index (χ0) is 12.4. The maximum atomic E-state index is 11.6. The number of rotatable bonds is 2. The lowest BCUT2D eigenvalue weighted by Gasteiger charge is -2.05. The van der Waals surface area contributed by atoms with Crippen LogP contribution in [0.3, 0.4) is 0 Å². The molecule has 0 N–H and O–H groups in total. The van der Waals surface area contributed by atoms with Gasteiger partial charge < -0.3 is 9.47 Å². The number of methoxy groups -OCH3 is 2. The molecule has 8 heteroatoms. The predicted octanol–water partition coefficient (Wildman–Crippen LogP) is -0.303. The summed E-state index contributed by atoms with van der Waals surface area (Å²) in [5, 5.41) is 11.2. The monoisotopic (exact) mass is 236 g/mol. The number of fused-ring (bicyclic) bond motifs is 1. The van der Waals surface area contributed by atoms with Gasteiger partial charge in [0.05, 0.1) is 26.0 Å². The van der Waals surface area contributed by atoms with E-state index in [1.165, 1.54) is 31.3 Å². The van der Waals surface area contributed by atoms with Crippen molar-refractivity contribution in [3.63, 3.8) is 0 Å². The lowest BCUT2D eigenvalue weighted by Crippen LogP contribution is -2.15. The number of esters is 2. The molecule has 8 nitrogen and oxygen atoms in total. The summed E-state index contributed by atoms with van der Waals surface area (Å²) < 4.78 is 10.4. The van der Waals surface area contributed by atoms with Crippen molar-refractivity contribution in [1.82, 2.24) is 19.8 Å². The Kier molecular flexibility index (Phi) is 2.69. The highest BCUT2D eigenvalue weighted by molar-refractivity contribution is 6.06. The van der Waals surface area contributed by atoms with Gasteiger partial charge >= 0.3 is 11.9 Å². The Hall–Kier alpha value is -2.51. The van der Waals surface area contributed by atoms with Gasteiger partial charge in [0.25, 0.3) is 0 Å². The molecular weight excluding hydrogens is 228 g/mol.